The van der Waals surface area contributed by atoms with Crippen LogP contribution < -0.4 is 0 Å². The largest absolute Gasteiger partial charge is 0.480 e. The number of hydrogen-bond acceptors (Lipinski definition) is 3. The van der Waals surface area contributed by atoms with E-state index in [1.807, 2.05) is 0 Å². The summed E-state index contributed by atoms with van der Waals surface area (Å²) in [5.74, 6) is -1.28. The van der Waals surface area contributed by atoms with Gasteiger partial charge in [-0.15, -0.1) is 0 Å². The lowest BCUT2D eigenvalue weighted by Gasteiger charge is -2.16. The first-order chi connectivity index (χ1) is 5.13. The van der Waals surface area contributed by atoms with E-state index >= 15 is 0 Å². The molecule has 11 heavy (non-hydrogen) atoms. The van der Waals surface area contributed by atoms with E-state index in [9.17, 15) is 9.59 Å². The van der Waals surface area contributed by atoms with Crippen molar-refractivity contribution in [2.24, 2.45) is 0 Å². The van der Waals surface area contributed by atoms with E-state index in [0.717, 1.165) is 0 Å². The van der Waals surface area contributed by atoms with Gasteiger partial charge >= 0.3 is 5.97 Å². The standard InChI is InChI=1S/C6H9NO4/c1-4(8)7-3-11-2-5(7)6(9)10/h5H,2-3H2,1H3,(H,9,10). The Morgan fingerprint density at radius 3 is 2.64 bits per heavy atom. The molecule has 0 spiro atoms. The molecule has 0 aliphatic carbocycles. The molecule has 1 N–H and O–H groups in total. The van der Waals surface area contributed by atoms with Gasteiger partial charge in [0.25, 0.3) is 0 Å². The normalized spacial score (nSPS) is 23.7. The van der Waals surface area contributed by atoms with Crippen molar-refractivity contribution in [2.75, 3.05) is 13.3 Å². The van der Waals surface area contributed by atoms with Crippen molar-refractivity contribution in [1.82, 2.24) is 4.90 Å². The van der Waals surface area contributed by atoms with Crippen molar-refractivity contribution >= 4 is 11.9 Å². The van der Waals surface area contributed by atoms with Crippen LogP contribution in [0.4, 0.5) is 0 Å². The fraction of sp³-hybridized carbons (Fsp3) is 0.667. The van der Waals surface area contributed by atoms with Crippen LogP contribution in [0.3, 0.4) is 0 Å². The summed E-state index contributed by atoms with van der Waals surface area (Å²) >= 11 is 0. The fourth-order valence-electron chi connectivity index (χ4n) is 0.958. The number of carbonyl (C=O) groups excluding carboxylic acids is 1. The number of carbonyl (C=O) groups is 2. The van der Waals surface area contributed by atoms with Crippen molar-refractivity contribution in [1.29, 1.82) is 0 Å². The van der Waals surface area contributed by atoms with Crippen molar-refractivity contribution in [3.63, 3.8) is 0 Å². The first kappa shape index (κ1) is 8.00. The molecular formula is C6H9NO4. The van der Waals surface area contributed by atoms with Crippen molar-refractivity contribution < 1.29 is 19.4 Å². The van der Waals surface area contributed by atoms with Crippen LogP contribution in [-0.4, -0.2) is 41.3 Å². The van der Waals surface area contributed by atoms with Crippen LogP contribution in [0.1, 0.15) is 6.92 Å². The summed E-state index contributed by atoms with van der Waals surface area (Å²) in [4.78, 5) is 22.4. The number of carboxylic acid groups (broad SMARTS) is 1. The van der Waals surface area contributed by atoms with Gasteiger partial charge in [-0.3, -0.25) is 4.79 Å². The molecule has 5 heteroatoms. The Labute approximate surface area is 63.5 Å². The summed E-state index contributed by atoms with van der Waals surface area (Å²) in [6, 6.07) is -0.799. The predicted octanol–water partition coefficient (Wildman–Crippen LogP) is -0.724. The van der Waals surface area contributed by atoms with E-state index in [1.54, 1.807) is 0 Å². The minimum atomic E-state index is -1.02. The van der Waals surface area contributed by atoms with Gasteiger partial charge in [-0.2, -0.15) is 0 Å². The average Bonchev–Trinajstić information content (AvgIpc) is 2.32. The quantitative estimate of drug-likeness (QED) is 0.548. The summed E-state index contributed by atoms with van der Waals surface area (Å²) in [7, 11) is 0. The molecule has 1 rings (SSSR count). The third-order valence-electron chi connectivity index (χ3n) is 1.57. The number of ether oxygens (including phenoxy) is 1. The lowest BCUT2D eigenvalue weighted by atomic mass is 10.3. The van der Waals surface area contributed by atoms with Crippen molar-refractivity contribution in [3.05, 3.63) is 0 Å². The first-order valence-electron chi connectivity index (χ1n) is 3.20. The predicted molar refractivity (Wildman–Crippen MR) is 34.8 cm³/mol. The molecular weight excluding hydrogens is 150 g/mol. The van der Waals surface area contributed by atoms with Crippen LogP contribution in [0.25, 0.3) is 0 Å². The number of hydrogen-bond donors (Lipinski definition) is 1. The third-order valence-corrected chi connectivity index (χ3v) is 1.57. The van der Waals surface area contributed by atoms with Gasteiger partial charge in [0.15, 0.2) is 6.04 Å². The van der Waals surface area contributed by atoms with Crippen LogP contribution in [0, 0.1) is 0 Å². The molecule has 1 fully saturated rings. The molecule has 0 radical (unpaired) electrons. The highest BCUT2D eigenvalue weighted by molar-refractivity contribution is 5.82. The topological polar surface area (TPSA) is 66.8 Å². The lowest BCUT2D eigenvalue weighted by molar-refractivity contribution is -0.147. The van der Waals surface area contributed by atoms with Gasteiger partial charge in [0.2, 0.25) is 5.91 Å². The van der Waals surface area contributed by atoms with Crippen LogP contribution in [0.2, 0.25) is 0 Å². The van der Waals surface area contributed by atoms with Gasteiger partial charge in [-0.1, -0.05) is 0 Å². The zero-order valence-corrected chi connectivity index (χ0v) is 6.11. The van der Waals surface area contributed by atoms with E-state index in [4.69, 9.17) is 9.84 Å². The molecule has 62 valence electrons. The zero-order chi connectivity index (χ0) is 8.43. The van der Waals surface area contributed by atoms with Gasteiger partial charge in [0.05, 0.1) is 6.61 Å². The SMILES string of the molecule is CC(=O)N1COCC1C(=O)O. The smallest absolute Gasteiger partial charge is 0.328 e. The van der Waals surface area contributed by atoms with Crippen LogP contribution >= 0.6 is 0 Å². The fourth-order valence-corrected chi connectivity index (χ4v) is 0.958. The molecule has 1 atom stereocenters. The average molecular weight is 159 g/mol. The molecule has 1 heterocycles. The first-order valence-corrected chi connectivity index (χ1v) is 3.20. The Bertz CT molecular complexity index is 171. The Morgan fingerprint density at radius 2 is 2.27 bits per heavy atom. The zero-order valence-electron chi connectivity index (χ0n) is 6.11. The highest BCUT2D eigenvalue weighted by Gasteiger charge is 2.32. The van der Waals surface area contributed by atoms with Crippen molar-refractivity contribution in [2.45, 2.75) is 13.0 Å². The molecule has 1 aliphatic rings. The highest BCUT2D eigenvalue weighted by atomic mass is 16.5. The molecule has 5 nitrogen and oxygen atoms in total. The molecule has 0 aromatic heterocycles. The molecule has 1 saturated heterocycles. The lowest BCUT2D eigenvalue weighted by Crippen LogP contribution is -2.40. The minimum Gasteiger partial charge on any atom is -0.480 e. The van der Waals surface area contributed by atoms with Crippen molar-refractivity contribution in [3.8, 4) is 0 Å². The monoisotopic (exact) mass is 159 g/mol. The van der Waals surface area contributed by atoms with Gasteiger partial charge in [-0.25, -0.2) is 4.79 Å². The summed E-state index contributed by atoms with van der Waals surface area (Å²) in [5, 5.41) is 8.56. The molecule has 1 unspecified atom stereocenters. The molecule has 1 aliphatic heterocycles. The maximum atomic E-state index is 10.7. The second-order valence-corrected chi connectivity index (χ2v) is 2.34. The van der Waals surface area contributed by atoms with Gasteiger partial charge in [0, 0.05) is 6.92 Å². The third kappa shape index (κ3) is 1.48. The number of carboxylic acids is 1. The number of nitrogens with zero attached hydrogens (tertiary/aromatic N) is 1. The maximum absolute atomic E-state index is 10.7. The number of aliphatic carboxylic acids is 1. The Hall–Kier alpha value is -1.10. The summed E-state index contributed by atoms with van der Waals surface area (Å²) in [6.45, 7) is 1.51. The Morgan fingerprint density at radius 1 is 1.64 bits per heavy atom. The van der Waals surface area contributed by atoms with Gasteiger partial charge in [-0.05, 0) is 0 Å². The minimum absolute atomic E-state index is 0.0896. The molecule has 0 saturated carbocycles. The maximum Gasteiger partial charge on any atom is 0.328 e. The Balaban J connectivity index is 2.65. The second-order valence-electron chi connectivity index (χ2n) is 2.34. The van der Waals surface area contributed by atoms with Crippen LogP contribution in [0.5, 0.6) is 0 Å². The summed E-state index contributed by atoms with van der Waals surface area (Å²) < 4.78 is 4.82. The number of rotatable bonds is 1. The van der Waals surface area contributed by atoms with E-state index in [0.29, 0.717) is 0 Å². The van der Waals surface area contributed by atoms with Crippen LogP contribution in [0.15, 0.2) is 0 Å². The van der Waals surface area contributed by atoms with Gasteiger partial charge in [0.1, 0.15) is 6.73 Å². The van der Waals surface area contributed by atoms with E-state index in [1.165, 1.54) is 11.8 Å². The number of amides is 1. The van der Waals surface area contributed by atoms with E-state index < -0.39 is 12.0 Å². The molecule has 0 aromatic carbocycles. The Kier molecular flexibility index (Phi) is 2.09. The molecule has 0 bridgehead atoms. The summed E-state index contributed by atoms with van der Waals surface area (Å²) in [6.07, 6.45) is 0. The molecule has 0 aromatic rings. The highest BCUT2D eigenvalue weighted by Crippen LogP contribution is 2.09. The van der Waals surface area contributed by atoms with Gasteiger partial charge < -0.3 is 14.7 Å². The van der Waals surface area contributed by atoms with Crippen LogP contribution in [-0.2, 0) is 14.3 Å². The summed E-state index contributed by atoms with van der Waals surface area (Å²) in [5.41, 5.74) is 0. The van der Waals surface area contributed by atoms with E-state index in [-0.39, 0.29) is 19.2 Å². The second kappa shape index (κ2) is 2.87. The van der Waals surface area contributed by atoms with E-state index in [2.05, 4.69) is 0 Å². The molecule has 1 amide bonds.